The number of hydrazine groups is 1. The van der Waals surface area contributed by atoms with Crippen LogP contribution in [0.25, 0.3) is 0 Å². The topological polar surface area (TPSA) is 79.5 Å². The van der Waals surface area contributed by atoms with Crippen molar-refractivity contribution in [1.29, 1.82) is 0 Å². The van der Waals surface area contributed by atoms with Crippen molar-refractivity contribution in [3.8, 4) is 0 Å². The summed E-state index contributed by atoms with van der Waals surface area (Å²) in [6.45, 7) is 0. The van der Waals surface area contributed by atoms with E-state index in [1.165, 1.54) is 26.4 Å². The van der Waals surface area contributed by atoms with Crippen molar-refractivity contribution in [3.63, 3.8) is 0 Å². The molecule has 6 nitrogen and oxygen atoms in total. The van der Waals surface area contributed by atoms with Crippen LogP contribution in [-0.2, 0) is 9.53 Å². The zero-order valence-electron chi connectivity index (χ0n) is 12.1. The summed E-state index contributed by atoms with van der Waals surface area (Å²) in [6, 6.07) is 0. The number of rotatable bonds is 1. The molecule has 116 valence electrons. The van der Waals surface area contributed by atoms with E-state index < -0.39 is 6.09 Å². The number of amides is 2. The Morgan fingerprint density at radius 2 is 1.57 bits per heavy atom. The van der Waals surface area contributed by atoms with E-state index in [9.17, 15) is 9.59 Å². The third kappa shape index (κ3) is 2.84. The lowest BCUT2D eigenvalue weighted by Gasteiger charge is -2.55. The van der Waals surface area contributed by atoms with Crippen LogP contribution in [0.1, 0.15) is 38.5 Å². The third-order valence-corrected chi connectivity index (χ3v) is 5.41. The highest BCUT2D eigenvalue weighted by Gasteiger charge is 2.54. The van der Waals surface area contributed by atoms with Crippen molar-refractivity contribution in [2.24, 2.45) is 23.2 Å². The summed E-state index contributed by atoms with van der Waals surface area (Å²) in [4.78, 5) is 23.6. The first kappa shape index (κ1) is 14.6. The first-order chi connectivity index (χ1) is 10.0. The van der Waals surface area contributed by atoms with Crippen LogP contribution in [0.4, 0.5) is 4.79 Å². The molecule has 4 bridgehead atoms. The maximum Gasteiger partial charge on any atom is 0.425 e. The van der Waals surface area contributed by atoms with Crippen molar-refractivity contribution in [2.45, 2.75) is 38.5 Å². The highest BCUT2D eigenvalue weighted by Crippen LogP contribution is 2.60. The quantitative estimate of drug-likeness (QED) is 0.505. The highest BCUT2D eigenvalue weighted by atomic mass is 32.1. The Kier molecular flexibility index (Phi) is 3.77. The lowest BCUT2D eigenvalue weighted by molar-refractivity contribution is -0.144. The predicted octanol–water partition coefficient (Wildman–Crippen LogP) is 1.46. The van der Waals surface area contributed by atoms with Crippen LogP contribution in [0.3, 0.4) is 0 Å². The van der Waals surface area contributed by atoms with Crippen LogP contribution < -0.4 is 16.2 Å². The van der Waals surface area contributed by atoms with Gasteiger partial charge in [-0.25, -0.2) is 10.2 Å². The molecule has 0 aliphatic heterocycles. The molecule has 0 heterocycles. The largest absolute Gasteiger partial charge is 0.452 e. The van der Waals surface area contributed by atoms with Crippen molar-refractivity contribution < 1.29 is 14.3 Å². The molecule has 3 N–H and O–H groups in total. The molecule has 0 aromatic rings. The standard InChI is InChI=1S/C14H21N3O3S/c1-20-13(19)17-16-12(21)15-11(18)14-5-8-2-9(6-14)4-10(3-8)7-14/h8-10H,2-7H2,1H3,(H,17,19)(H2,15,16,18,21). The van der Waals surface area contributed by atoms with Crippen LogP contribution in [0.2, 0.25) is 0 Å². The number of hydrogen-bond donors (Lipinski definition) is 3. The second-order valence-corrected chi connectivity index (χ2v) is 7.13. The van der Waals surface area contributed by atoms with E-state index in [2.05, 4.69) is 20.9 Å². The van der Waals surface area contributed by atoms with Crippen LogP contribution >= 0.6 is 12.2 Å². The molecule has 4 aliphatic carbocycles. The van der Waals surface area contributed by atoms with Gasteiger partial charge >= 0.3 is 6.09 Å². The number of methoxy groups -OCH3 is 1. The van der Waals surface area contributed by atoms with Crippen molar-refractivity contribution in [2.75, 3.05) is 7.11 Å². The number of carbonyl (C=O) groups excluding carboxylic acids is 2. The SMILES string of the molecule is COC(=O)NNC(=S)NC(=O)C12CC3CC(CC(C3)C1)C2. The fourth-order valence-electron chi connectivity index (χ4n) is 4.81. The monoisotopic (exact) mass is 311 g/mol. The third-order valence-electron chi connectivity index (χ3n) is 5.21. The Balaban J connectivity index is 1.58. The number of carbonyl (C=O) groups is 2. The molecule has 0 aromatic heterocycles. The van der Waals surface area contributed by atoms with Gasteiger partial charge in [0.25, 0.3) is 0 Å². The van der Waals surface area contributed by atoms with E-state index in [4.69, 9.17) is 12.2 Å². The summed E-state index contributed by atoms with van der Waals surface area (Å²) in [7, 11) is 1.26. The normalized spacial score (nSPS) is 36.0. The van der Waals surface area contributed by atoms with E-state index in [0.717, 1.165) is 19.3 Å². The minimum atomic E-state index is -0.651. The summed E-state index contributed by atoms with van der Waals surface area (Å²) in [5.41, 5.74) is 4.47. The maximum absolute atomic E-state index is 12.6. The maximum atomic E-state index is 12.6. The average molecular weight is 311 g/mol. The zero-order valence-corrected chi connectivity index (χ0v) is 12.9. The summed E-state index contributed by atoms with van der Waals surface area (Å²) >= 11 is 5.04. The van der Waals surface area contributed by atoms with Crippen molar-refractivity contribution in [3.05, 3.63) is 0 Å². The lowest BCUT2D eigenvalue weighted by Crippen LogP contribution is -2.57. The number of ether oxygens (including phenoxy) is 1. The van der Waals surface area contributed by atoms with E-state index in [1.54, 1.807) is 0 Å². The van der Waals surface area contributed by atoms with Gasteiger partial charge in [-0.05, 0) is 68.5 Å². The fraction of sp³-hybridized carbons (Fsp3) is 0.786. The van der Waals surface area contributed by atoms with Gasteiger partial charge in [-0.1, -0.05) is 0 Å². The summed E-state index contributed by atoms with van der Waals surface area (Å²) in [6.07, 6.45) is 6.17. The van der Waals surface area contributed by atoms with Gasteiger partial charge in [0, 0.05) is 0 Å². The van der Waals surface area contributed by atoms with Gasteiger partial charge in [-0.2, -0.15) is 0 Å². The van der Waals surface area contributed by atoms with Crippen molar-refractivity contribution in [1.82, 2.24) is 16.2 Å². The van der Waals surface area contributed by atoms with E-state index in [1.807, 2.05) is 0 Å². The molecule has 0 atom stereocenters. The van der Waals surface area contributed by atoms with Crippen molar-refractivity contribution >= 4 is 29.3 Å². The van der Waals surface area contributed by atoms with Crippen LogP contribution in [0.5, 0.6) is 0 Å². The molecule has 4 rings (SSSR count). The van der Waals surface area contributed by atoms with Gasteiger partial charge in [-0.3, -0.25) is 10.2 Å². The fourth-order valence-corrected chi connectivity index (χ4v) is 4.96. The molecule has 21 heavy (non-hydrogen) atoms. The van der Waals surface area contributed by atoms with Gasteiger partial charge < -0.3 is 10.1 Å². The Bertz CT molecular complexity index is 445. The Morgan fingerprint density at radius 1 is 1.05 bits per heavy atom. The molecule has 2 amide bonds. The number of nitrogens with one attached hydrogen (secondary N) is 3. The Morgan fingerprint density at radius 3 is 2.05 bits per heavy atom. The molecule has 4 aliphatic rings. The van der Waals surface area contributed by atoms with Gasteiger partial charge in [0.1, 0.15) is 0 Å². The molecule has 7 heteroatoms. The average Bonchev–Trinajstić information content (AvgIpc) is 2.43. The minimum absolute atomic E-state index is 0.00534. The molecular formula is C14H21N3O3S. The van der Waals surface area contributed by atoms with E-state index >= 15 is 0 Å². The van der Waals surface area contributed by atoms with Crippen LogP contribution in [0, 0.1) is 23.2 Å². The van der Waals surface area contributed by atoms with Gasteiger partial charge in [-0.15, -0.1) is 0 Å². The number of thiocarbonyl (C=S) groups is 1. The molecule has 4 fully saturated rings. The Labute approximate surface area is 129 Å². The van der Waals surface area contributed by atoms with Gasteiger partial charge in [0.05, 0.1) is 12.5 Å². The summed E-state index contributed by atoms with van der Waals surface area (Å²) < 4.78 is 4.42. The van der Waals surface area contributed by atoms with Gasteiger partial charge in [0.15, 0.2) is 5.11 Å². The molecular weight excluding hydrogens is 290 g/mol. The van der Waals surface area contributed by atoms with Crippen LogP contribution in [0.15, 0.2) is 0 Å². The second-order valence-electron chi connectivity index (χ2n) is 6.72. The van der Waals surface area contributed by atoms with E-state index in [-0.39, 0.29) is 16.4 Å². The van der Waals surface area contributed by atoms with Crippen LogP contribution in [-0.4, -0.2) is 24.2 Å². The molecule has 0 saturated heterocycles. The molecule has 0 aromatic carbocycles. The zero-order chi connectivity index (χ0) is 15.0. The smallest absolute Gasteiger partial charge is 0.425 e. The van der Waals surface area contributed by atoms with E-state index in [0.29, 0.717) is 17.8 Å². The summed E-state index contributed by atoms with van der Waals surface area (Å²) in [5.74, 6) is 2.12. The molecule has 4 saturated carbocycles. The molecule has 0 radical (unpaired) electrons. The molecule has 0 unspecified atom stereocenters. The minimum Gasteiger partial charge on any atom is -0.452 e. The summed E-state index contributed by atoms with van der Waals surface area (Å²) in [5, 5.41) is 2.84. The predicted molar refractivity (Wildman–Crippen MR) is 80.0 cm³/mol. The lowest BCUT2D eigenvalue weighted by atomic mass is 9.49. The first-order valence-corrected chi connectivity index (χ1v) is 7.87. The number of hydrogen-bond acceptors (Lipinski definition) is 4. The second kappa shape index (κ2) is 5.44. The van der Waals surface area contributed by atoms with Gasteiger partial charge in [0.2, 0.25) is 5.91 Å². The highest BCUT2D eigenvalue weighted by molar-refractivity contribution is 7.80. The Hall–Kier alpha value is -1.37. The first-order valence-electron chi connectivity index (χ1n) is 7.46. The molecule has 0 spiro atoms.